The smallest absolute Gasteiger partial charge is 0.138 e. The average Bonchev–Trinajstić information content (AvgIpc) is 2.14. The molecule has 2 unspecified atom stereocenters. The molecule has 0 spiro atoms. The van der Waals surface area contributed by atoms with E-state index in [2.05, 4.69) is 27.7 Å². The molecule has 0 N–H and O–H groups in total. The molecular weight excluding hydrogens is 212 g/mol. The molecule has 2 nitrogen and oxygen atoms in total. The van der Waals surface area contributed by atoms with E-state index < -0.39 is 0 Å². The van der Waals surface area contributed by atoms with Crippen LogP contribution in [-0.2, 0) is 9.47 Å². The second kappa shape index (κ2) is 6.72. The van der Waals surface area contributed by atoms with Crippen LogP contribution in [0.25, 0.3) is 0 Å². The van der Waals surface area contributed by atoms with E-state index in [4.69, 9.17) is 21.1 Å². The fourth-order valence-corrected chi connectivity index (χ4v) is 2.55. The van der Waals surface area contributed by atoms with Crippen molar-refractivity contribution < 1.29 is 9.47 Å². The van der Waals surface area contributed by atoms with Gasteiger partial charge in [-0.05, 0) is 18.3 Å². The lowest BCUT2D eigenvalue weighted by molar-refractivity contribution is -0.0546. The van der Waals surface area contributed by atoms with Crippen molar-refractivity contribution in [2.75, 3.05) is 20.8 Å². The molecule has 0 saturated heterocycles. The van der Waals surface area contributed by atoms with Crippen LogP contribution in [-0.4, -0.2) is 26.4 Å². The Hall–Kier alpha value is 0.210. The second-order valence-electron chi connectivity index (χ2n) is 4.97. The molecule has 0 aliphatic rings. The highest BCUT2D eigenvalue weighted by Crippen LogP contribution is 2.41. The molecule has 0 aliphatic carbocycles. The molecule has 0 aromatic carbocycles. The zero-order valence-electron chi connectivity index (χ0n) is 10.8. The molecule has 15 heavy (non-hydrogen) atoms. The molecular formula is C12H25ClO2. The molecule has 0 aromatic heterocycles. The maximum absolute atomic E-state index is 6.30. The molecule has 0 radical (unpaired) electrons. The molecule has 0 fully saturated rings. The minimum absolute atomic E-state index is 0.0980. The maximum atomic E-state index is 6.30. The largest absolute Gasteiger partial charge is 0.384 e. The van der Waals surface area contributed by atoms with Gasteiger partial charge in [0, 0.05) is 19.6 Å². The third-order valence-corrected chi connectivity index (χ3v) is 3.62. The first-order valence-electron chi connectivity index (χ1n) is 5.56. The number of hydrogen-bond acceptors (Lipinski definition) is 2. The quantitative estimate of drug-likeness (QED) is 0.630. The van der Waals surface area contributed by atoms with Gasteiger partial charge >= 0.3 is 0 Å². The number of ether oxygens (including phenoxy) is 2. The van der Waals surface area contributed by atoms with Gasteiger partial charge in [-0.15, -0.1) is 0 Å². The lowest BCUT2D eigenvalue weighted by Crippen LogP contribution is -2.43. The summed E-state index contributed by atoms with van der Waals surface area (Å²) in [6.45, 7) is 9.40. The van der Waals surface area contributed by atoms with Crippen molar-refractivity contribution in [3.63, 3.8) is 0 Å². The van der Waals surface area contributed by atoms with Crippen LogP contribution in [0.3, 0.4) is 0 Å². The highest BCUT2D eigenvalue weighted by atomic mass is 35.5. The highest BCUT2D eigenvalue weighted by Gasteiger charge is 2.41. The van der Waals surface area contributed by atoms with Crippen LogP contribution in [0.1, 0.15) is 34.1 Å². The maximum Gasteiger partial charge on any atom is 0.138 e. The Kier molecular flexibility index (Phi) is 6.81. The summed E-state index contributed by atoms with van der Waals surface area (Å²) in [6.07, 6.45) is 1.01. The second-order valence-corrected chi connectivity index (χ2v) is 5.37. The zero-order chi connectivity index (χ0) is 12.1. The summed E-state index contributed by atoms with van der Waals surface area (Å²) in [4.78, 5) is 0. The van der Waals surface area contributed by atoms with E-state index in [1.54, 1.807) is 14.2 Å². The predicted molar refractivity (Wildman–Crippen MR) is 65.3 cm³/mol. The van der Waals surface area contributed by atoms with E-state index in [1.807, 2.05) is 0 Å². The van der Waals surface area contributed by atoms with Crippen molar-refractivity contribution in [2.24, 2.45) is 17.3 Å². The van der Waals surface area contributed by atoms with Crippen LogP contribution < -0.4 is 0 Å². The standard InChI is InChI=1S/C12H25ClO2/c1-9(2)7-12(8-14-5,10(3)4)11(13)15-6/h9-11H,7-8H2,1-6H3. The van der Waals surface area contributed by atoms with Crippen LogP contribution >= 0.6 is 11.6 Å². The topological polar surface area (TPSA) is 18.5 Å². The first kappa shape index (κ1) is 15.2. The van der Waals surface area contributed by atoms with Crippen molar-refractivity contribution in [1.82, 2.24) is 0 Å². The van der Waals surface area contributed by atoms with E-state index in [-0.39, 0.29) is 11.0 Å². The van der Waals surface area contributed by atoms with Crippen LogP contribution in [0.15, 0.2) is 0 Å². The van der Waals surface area contributed by atoms with Gasteiger partial charge in [-0.3, -0.25) is 0 Å². The summed E-state index contributed by atoms with van der Waals surface area (Å²) in [6, 6.07) is 0. The normalized spacial score (nSPS) is 18.2. The van der Waals surface area contributed by atoms with Gasteiger partial charge < -0.3 is 9.47 Å². The van der Waals surface area contributed by atoms with Gasteiger partial charge in [0.25, 0.3) is 0 Å². The summed E-state index contributed by atoms with van der Waals surface area (Å²) in [5.41, 5.74) is -0.390. The summed E-state index contributed by atoms with van der Waals surface area (Å²) in [5, 5.41) is 0. The number of halogens is 1. The van der Waals surface area contributed by atoms with Crippen molar-refractivity contribution in [3.8, 4) is 0 Å². The van der Waals surface area contributed by atoms with E-state index in [0.717, 1.165) is 6.42 Å². The Morgan fingerprint density at radius 3 is 1.93 bits per heavy atom. The number of alkyl halides is 1. The molecule has 92 valence electrons. The first-order chi connectivity index (χ1) is 6.90. The Labute approximate surface area is 99.3 Å². The molecule has 2 atom stereocenters. The van der Waals surface area contributed by atoms with Crippen LogP contribution in [0.4, 0.5) is 0 Å². The van der Waals surface area contributed by atoms with Gasteiger partial charge in [0.15, 0.2) is 0 Å². The minimum atomic E-state index is -0.292. The monoisotopic (exact) mass is 236 g/mol. The molecule has 0 aliphatic heterocycles. The van der Waals surface area contributed by atoms with Crippen LogP contribution in [0, 0.1) is 17.3 Å². The lowest BCUT2D eigenvalue weighted by atomic mass is 9.72. The summed E-state index contributed by atoms with van der Waals surface area (Å²) in [5.74, 6) is 1.02. The molecule has 0 aromatic rings. The fraction of sp³-hybridized carbons (Fsp3) is 1.00. The Morgan fingerprint density at radius 2 is 1.67 bits per heavy atom. The third kappa shape index (κ3) is 3.93. The van der Waals surface area contributed by atoms with Gasteiger partial charge in [0.05, 0.1) is 6.61 Å². The van der Waals surface area contributed by atoms with Gasteiger partial charge in [-0.2, -0.15) is 0 Å². The van der Waals surface area contributed by atoms with E-state index in [0.29, 0.717) is 18.4 Å². The van der Waals surface area contributed by atoms with Crippen molar-refractivity contribution in [1.29, 1.82) is 0 Å². The summed E-state index contributed by atoms with van der Waals surface area (Å²) < 4.78 is 10.6. The molecule has 0 saturated carbocycles. The van der Waals surface area contributed by atoms with Gasteiger partial charge in [-0.1, -0.05) is 39.3 Å². The SMILES string of the molecule is COCC(CC(C)C)(C(C)C)C(Cl)OC. The predicted octanol–water partition coefficient (Wildman–Crippen LogP) is 3.53. The van der Waals surface area contributed by atoms with Gasteiger partial charge in [0.2, 0.25) is 0 Å². The summed E-state index contributed by atoms with van der Waals surface area (Å²) >= 11 is 6.30. The zero-order valence-corrected chi connectivity index (χ0v) is 11.6. The Morgan fingerprint density at radius 1 is 1.13 bits per heavy atom. The van der Waals surface area contributed by atoms with Crippen LogP contribution in [0.5, 0.6) is 0 Å². The van der Waals surface area contributed by atoms with E-state index in [1.165, 1.54) is 0 Å². The lowest BCUT2D eigenvalue weighted by Gasteiger charge is -2.41. The van der Waals surface area contributed by atoms with Crippen LogP contribution in [0.2, 0.25) is 0 Å². The number of methoxy groups -OCH3 is 2. The molecule has 0 rings (SSSR count). The Bertz CT molecular complexity index is 171. The van der Waals surface area contributed by atoms with E-state index >= 15 is 0 Å². The number of rotatable bonds is 7. The third-order valence-electron chi connectivity index (χ3n) is 3.01. The molecule has 3 heteroatoms. The minimum Gasteiger partial charge on any atom is -0.384 e. The number of hydrogen-bond donors (Lipinski definition) is 0. The van der Waals surface area contributed by atoms with Crippen molar-refractivity contribution >= 4 is 11.6 Å². The van der Waals surface area contributed by atoms with Crippen molar-refractivity contribution in [3.05, 3.63) is 0 Å². The highest BCUT2D eigenvalue weighted by molar-refractivity contribution is 6.20. The van der Waals surface area contributed by atoms with E-state index in [9.17, 15) is 0 Å². The average molecular weight is 237 g/mol. The van der Waals surface area contributed by atoms with Crippen molar-refractivity contribution in [2.45, 2.75) is 39.7 Å². The molecule has 0 amide bonds. The summed E-state index contributed by atoms with van der Waals surface area (Å²) in [7, 11) is 3.38. The van der Waals surface area contributed by atoms with Gasteiger partial charge in [-0.25, -0.2) is 0 Å². The van der Waals surface area contributed by atoms with Gasteiger partial charge in [0.1, 0.15) is 5.56 Å². The first-order valence-corrected chi connectivity index (χ1v) is 6.00. The molecule has 0 bridgehead atoms. The fourth-order valence-electron chi connectivity index (χ4n) is 2.15. The molecule has 0 heterocycles. The Balaban J connectivity index is 4.88.